The van der Waals surface area contributed by atoms with Crippen molar-refractivity contribution in [1.29, 1.82) is 0 Å². The SMILES string of the molecule is OCc1ccc(-c2ccc3nc(-c4cc5ccccc5o4)cn3c2)o1. The van der Waals surface area contributed by atoms with Gasteiger partial charge in [-0.2, -0.15) is 0 Å². The molecule has 1 aromatic carbocycles. The second kappa shape index (κ2) is 5.36. The van der Waals surface area contributed by atoms with Gasteiger partial charge in [-0.05, 0) is 36.4 Å². The zero-order valence-corrected chi connectivity index (χ0v) is 13.2. The molecular weight excluding hydrogens is 316 g/mol. The standard InChI is InChI=1S/C20H14N2O3/c23-12-15-6-7-18(24-15)14-5-8-20-21-16(11-22(20)10-14)19-9-13-3-1-2-4-17(13)25-19/h1-11,23H,12H2. The van der Waals surface area contributed by atoms with E-state index in [4.69, 9.17) is 13.9 Å². The van der Waals surface area contributed by atoms with Crippen molar-refractivity contribution in [2.24, 2.45) is 0 Å². The largest absolute Gasteiger partial charge is 0.459 e. The summed E-state index contributed by atoms with van der Waals surface area (Å²) in [5, 5.41) is 10.2. The van der Waals surface area contributed by atoms with Gasteiger partial charge < -0.3 is 18.3 Å². The fourth-order valence-electron chi connectivity index (χ4n) is 2.98. The van der Waals surface area contributed by atoms with Crippen LogP contribution in [0, 0.1) is 0 Å². The molecule has 0 radical (unpaired) electrons. The van der Waals surface area contributed by atoms with Crippen LogP contribution in [-0.4, -0.2) is 14.5 Å². The second-order valence-corrected chi connectivity index (χ2v) is 5.88. The quantitative estimate of drug-likeness (QED) is 0.529. The van der Waals surface area contributed by atoms with Crippen LogP contribution in [0.25, 0.3) is 39.4 Å². The Hall–Kier alpha value is -3.31. The summed E-state index contributed by atoms with van der Waals surface area (Å²) in [5.74, 6) is 2.00. The average Bonchev–Trinajstić information content (AvgIpc) is 3.36. The molecule has 0 aliphatic heterocycles. The lowest BCUT2D eigenvalue weighted by Crippen LogP contribution is -1.84. The smallest absolute Gasteiger partial charge is 0.155 e. The predicted octanol–water partition coefficient (Wildman–Crippen LogP) is 4.50. The number of para-hydroxylation sites is 1. The molecule has 0 amide bonds. The minimum Gasteiger partial charge on any atom is -0.459 e. The van der Waals surface area contributed by atoms with E-state index in [1.165, 1.54) is 0 Å². The maximum absolute atomic E-state index is 9.14. The highest BCUT2D eigenvalue weighted by Gasteiger charge is 2.11. The molecule has 0 bridgehead atoms. The third-order valence-corrected chi connectivity index (χ3v) is 4.23. The number of imidazole rings is 1. The van der Waals surface area contributed by atoms with E-state index in [0.717, 1.165) is 33.6 Å². The van der Waals surface area contributed by atoms with Gasteiger partial charge in [0.25, 0.3) is 0 Å². The van der Waals surface area contributed by atoms with Crippen LogP contribution in [0.2, 0.25) is 0 Å². The van der Waals surface area contributed by atoms with E-state index >= 15 is 0 Å². The molecule has 0 spiro atoms. The zero-order valence-electron chi connectivity index (χ0n) is 13.2. The molecule has 122 valence electrons. The number of aromatic nitrogens is 2. The van der Waals surface area contributed by atoms with E-state index in [1.807, 2.05) is 65.3 Å². The molecule has 5 nitrogen and oxygen atoms in total. The second-order valence-electron chi connectivity index (χ2n) is 5.88. The molecule has 4 heterocycles. The van der Waals surface area contributed by atoms with Crippen LogP contribution >= 0.6 is 0 Å². The van der Waals surface area contributed by atoms with Gasteiger partial charge in [-0.1, -0.05) is 18.2 Å². The first-order valence-corrected chi connectivity index (χ1v) is 7.98. The van der Waals surface area contributed by atoms with E-state index in [0.29, 0.717) is 11.5 Å². The Morgan fingerprint density at radius 1 is 0.920 bits per heavy atom. The molecule has 25 heavy (non-hydrogen) atoms. The fraction of sp³-hybridized carbons (Fsp3) is 0.0500. The highest BCUT2D eigenvalue weighted by Crippen LogP contribution is 2.28. The number of benzene rings is 1. The van der Waals surface area contributed by atoms with Crippen molar-refractivity contribution in [2.75, 3.05) is 0 Å². The van der Waals surface area contributed by atoms with E-state index in [-0.39, 0.29) is 6.61 Å². The normalized spacial score (nSPS) is 11.6. The van der Waals surface area contributed by atoms with Crippen LogP contribution in [0.3, 0.4) is 0 Å². The lowest BCUT2D eigenvalue weighted by Gasteiger charge is -1.98. The van der Waals surface area contributed by atoms with Crippen molar-refractivity contribution in [3.8, 4) is 22.8 Å². The number of rotatable bonds is 3. The Bertz CT molecular complexity index is 1160. The van der Waals surface area contributed by atoms with Crippen molar-refractivity contribution in [3.05, 3.63) is 72.8 Å². The van der Waals surface area contributed by atoms with Gasteiger partial charge in [-0.25, -0.2) is 4.98 Å². The summed E-state index contributed by atoms with van der Waals surface area (Å²) in [4.78, 5) is 4.63. The van der Waals surface area contributed by atoms with Crippen molar-refractivity contribution in [1.82, 2.24) is 9.38 Å². The Morgan fingerprint density at radius 3 is 2.68 bits per heavy atom. The summed E-state index contributed by atoms with van der Waals surface area (Å²) < 4.78 is 13.4. The number of nitrogens with zero attached hydrogens (tertiary/aromatic N) is 2. The monoisotopic (exact) mass is 330 g/mol. The van der Waals surface area contributed by atoms with Crippen LogP contribution in [0.1, 0.15) is 5.76 Å². The predicted molar refractivity (Wildman–Crippen MR) is 94.0 cm³/mol. The van der Waals surface area contributed by atoms with Crippen molar-refractivity contribution >= 4 is 16.6 Å². The summed E-state index contributed by atoms with van der Waals surface area (Å²) in [5.41, 5.74) is 3.38. The number of hydrogen-bond acceptors (Lipinski definition) is 4. The van der Waals surface area contributed by atoms with Gasteiger partial charge in [0.05, 0.1) is 0 Å². The molecule has 0 aliphatic rings. The first-order valence-electron chi connectivity index (χ1n) is 7.98. The fourth-order valence-corrected chi connectivity index (χ4v) is 2.98. The van der Waals surface area contributed by atoms with Crippen LogP contribution in [-0.2, 0) is 6.61 Å². The first-order chi connectivity index (χ1) is 12.3. The lowest BCUT2D eigenvalue weighted by molar-refractivity contribution is 0.248. The van der Waals surface area contributed by atoms with Crippen molar-refractivity contribution in [3.63, 3.8) is 0 Å². The third kappa shape index (κ3) is 2.33. The molecule has 5 heteroatoms. The third-order valence-electron chi connectivity index (χ3n) is 4.23. The van der Waals surface area contributed by atoms with Crippen LogP contribution in [0.15, 0.2) is 75.8 Å². The van der Waals surface area contributed by atoms with Crippen molar-refractivity contribution in [2.45, 2.75) is 6.61 Å². The van der Waals surface area contributed by atoms with E-state index < -0.39 is 0 Å². The molecule has 0 saturated heterocycles. The minimum atomic E-state index is -0.108. The molecule has 4 aromatic heterocycles. The van der Waals surface area contributed by atoms with Crippen LogP contribution in [0.4, 0.5) is 0 Å². The Balaban J connectivity index is 1.59. The molecule has 0 atom stereocenters. The number of fused-ring (bicyclic) bond motifs is 2. The molecule has 5 rings (SSSR count). The van der Waals surface area contributed by atoms with Crippen molar-refractivity contribution < 1.29 is 13.9 Å². The summed E-state index contributed by atoms with van der Waals surface area (Å²) in [6, 6.07) is 17.4. The van der Waals surface area contributed by atoms with E-state index in [9.17, 15) is 0 Å². The maximum Gasteiger partial charge on any atom is 0.155 e. The molecule has 0 aliphatic carbocycles. The van der Waals surface area contributed by atoms with Gasteiger partial charge in [-0.15, -0.1) is 0 Å². The van der Waals surface area contributed by atoms with Crippen LogP contribution < -0.4 is 0 Å². The number of aliphatic hydroxyl groups is 1. The van der Waals surface area contributed by atoms with Gasteiger partial charge in [-0.3, -0.25) is 0 Å². The average molecular weight is 330 g/mol. The molecule has 0 fully saturated rings. The molecule has 1 N–H and O–H groups in total. The van der Waals surface area contributed by atoms with Crippen LogP contribution in [0.5, 0.6) is 0 Å². The van der Waals surface area contributed by atoms with Gasteiger partial charge in [0.1, 0.15) is 35.1 Å². The molecule has 0 unspecified atom stereocenters. The van der Waals surface area contributed by atoms with Gasteiger partial charge in [0.2, 0.25) is 0 Å². The zero-order chi connectivity index (χ0) is 16.8. The number of aliphatic hydroxyl groups excluding tert-OH is 1. The van der Waals surface area contributed by atoms with E-state index in [2.05, 4.69) is 4.98 Å². The Labute approximate surface area is 142 Å². The number of furan rings is 2. The summed E-state index contributed by atoms with van der Waals surface area (Å²) in [6.45, 7) is -0.108. The topological polar surface area (TPSA) is 63.8 Å². The van der Waals surface area contributed by atoms with Gasteiger partial charge in [0.15, 0.2) is 5.76 Å². The van der Waals surface area contributed by atoms with Gasteiger partial charge >= 0.3 is 0 Å². The summed E-state index contributed by atoms with van der Waals surface area (Å²) >= 11 is 0. The first kappa shape index (κ1) is 14.1. The Morgan fingerprint density at radius 2 is 1.84 bits per heavy atom. The molecule has 5 aromatic rings. The number of pyridine rings is 1. The summed E-state index contributed by atoms with van der Waals surface area (Å²) in [6.07, 6.45) is 3.89. The maximum atomic E-state index is 9.14. The minimum absolute atomic E-state index is 0.108. The van der Waals surface area contributed by atoms with E-state index in [1.54, 1.807) is 6.07 Å². The number of hydrogen-bond donors (Lipinski definition) is 1. The van der Waals surface area contributed by atoms with Gasteiger partial charge in [0, 0.05) is 23.3 Å². The molecule has 0 saturated carbocycles. The highest BCUT2D eigenvalue weighted by molar-refractivity contribution is 5.82. The lowest BCUT2D eigenvalue weighted by atomic mass is 10.2. The Kier molecular flexibility index (Phi) is 3.02. The highest BCUT2D eigenvalue weighted by atomic mass is 16.4. The summed E-state index contributed by atoms with van der Waals surface area (Å²) in [7, 11) is 0. The molecular formula is C20H14N2O3.